The van der Waals surface area contributed by atoms with Gasteiger partial charge in [0.1, 0.15) is 18.0 Å². The lowest BCUT2D eigenvalue weighted by Gasteiger charge is -2.19. The van der Waals surface area contributed by atoms with Gasteiger partial charge in [0.15, 0.2) is 0 Å². The topological polar surface area (TPSA) is 49.8 Å². The van der Waals surface area contributed by atoms with Crippen LogP contribution in [0, 0.1) is 11.8 Å². The first-order valence-electron chi connectivity index (χ1n) is 8.44. The Bertz CT molecular complexity index is 444. The molecule has 0 aromatic carbocycles. The molecule has 1 aliphatic carbocycles. The van der Waals surface area contributed by atoms with E-state index >= 15 is 0 Å². The van der Waals surface area contributed by atoms with Crippen molar-refractivity contribution in [2.75, 3.05) is 23.7 Å². The zero-order valence-electron chi connectivity index (χ0n) is 13.9. The highest BCUT2D eigenvalue weighted by atomic mass is 15.1. The van der Waals surface area contributed by atoms with Crippen LogP contribution in [-0.4, -0.2) is 23.1 Å². The number of nitrogens with zero attached hydrogens (tertiary/aromatic N) is 2. The van der Waals surface area contributed by atoms with Gasteiger partial charge in [0.05, 0.1) is 0 Å². The fourth-order valence-corrected chi connectivity index (χ4v) is 3.22. The van der Waals surface area contributed by atoms with Crippen molar-refractivity contribution in [2.24, 2.45) is 11.8 Å². The second-order valence-electron chi connectivity index (χ2n) is 6.73. The summed E-state index contributed by atoms with van der Waals surface area (Å²) in [6.07, 6.45) is 6.83. The SMILES string of the molecule is CCCNc1ncnc(NCC2CCC(C)C2)c1C(C)C. The van der Waals surface area contributed by atoms with Crippen molar-refractivity contribution in [3.63, 3.8) is 0 Å². The first-order chi connectivity index (χ1) is 10.1. The maximum Gasteiger partial charge on any atom is 0.134 e. The fourth-order valence-electron chi connectivity index (χ4n) is 3.22. The van der Waals surface area contributed by atoms with Gasteiger partial charge in [-0.2, -0.15) is 0 Å². The van der Waals surface area contributed by atoms with E-state index in [1.807, 2.05) is 0 Å². The molecule has 1 heterocycles. The van der Waals surface area contributed by atoms with E-state index < -0.39 is 0 Å². The van der Waals surface area contributed by atoms with Gasteiger partial charge >= 0.3 is 0 Å². The van der Waals surface area contributed by atoms with Crippen molar-refractivity contribution in [3.05, 3.63) is 11.9 Å². The van der Waals surface area contributed by atoms with E-state index in [4.69, 9.17) is 0 Å². The number of rotatable bonds is 7. The minimum Gasteiger partial charge on any atom is -0.370 e. The van der Waals surface area contributed by atoms with Gasteiger partial charge in [-0.25, -0.2) is 9.97 Å². The molecule has 0 saturated heterocycles. The molecule has 1 saturated carbocycles. The highest BCUT2D eigenvalue weighted by Gasteiger charge is 2.22. The molecule has 1 fully saturated rings. The van der Waals surface area contributed by atoms with Crippen LogP contribution < -0.4 is 10.6 Å². The summed E-state index contributed by atoms with van der Waals surface area (Å²) in [6, 6.07) is 0. The number of nitrogens with one attached hydrogen (secondary N) is 2. The number of aromatic nitrogens is 2. The maximum absolute atomic E-state index is 4.49. The Labute approximate surface area is 129 Å². The first-order valence-corrected chi connectivity index (χ1v) is 8.44. The van der Waals surface area contributed by atoms with Crippen LogP contribution in [0.1, 0.15) is 64.9 Å². The maximum atomic E-state index is 4.49. The van der Waals surface area contributed by atoms with Gasteiger partial charge in [-0.15, -0.1) is 0 Å². The Morgan fingerprint density at radius 1 is 1.19 bits per heavy atom. The minimum absolute atomic E-state index is 0.413. The van der Waals surface area contributed by atoms with Crippen LogP contribution in [0.15, 0.2) is 6.33 Å². The van der Waals surface area contributed by atoms with Gasteiger partial charge in [-0.05, 0) is 37.0 Å². The van der Waals surface area contributed by atoms with Crippen LogP contribution in [0.25, 0.3) is 0 Å². The summed E-state index contributed by atoms with van der Waals surface area (Å²) >= 11 is 0. The van der Waals surface area contributed by atoms with Gasteiger partial charge in [-0.3, -0.25) is 0 Å². The summed E-state index contributed by atoms with van der Waals surface area (Å²) in [6.45, 7) is 10.9. The largest absolute Gasteiger partial charge is 0.370 e. The number of hydrogen-bond acceptors (Lipinski definition) is 4. The van der Waals surface area contributed by atoms with Crippen molar-refractivity contribution >= 4 is 11.6 Å². The second kappa shape index (κ2) is 7.62. The molecule has 1 aromatic rings. The molecule has 4 heteroatoms. The van der Waals surface area contributed by atoms with E-state index in [2.05, 4.69) is 48.3 Å². The van der Waals surface area contributed by atoms with E-state index in [9.17, 15) is 0 Å². The lowest BCUT2D eigenvalue weighted by Crippen LogP contribution is -2.16. The molecule has 4 nitrogen and oxygen atoms in total. The summed E-state index contributed by atoms with van der Waals surface area (Å²) in [5.74, 6) is 4.09. The first kappa shape index (κ1) is 16.1. The molecular formula is C17H30N4. The summed E-state index contributed by atoms with van der Waals surface area (Å²) < 4.78 is 0. The molecule has 1 aliphatic rings. The lowest BCUT2D eigenvalue weighted by molar-refractivity contribution is 0.536. The number of anilines is 2. The zero-order valence-corrected chi connectivity index (χ0v) is 13.9. The van der Waals surface area contributed by atoms with Crippen molar-refractivity contribution in [2.45, 2.75) is 59.3 Å². The van der Waals surface area contributed by atoms with E-state index in [0.29, 0.717) is 5.92 Å². The zero-order chi connectivity index (χ0) is 15.2. The molecule has 2 unspecified atom stereocenters. The summed E-state index contributed by atoms with van der Waals surface area (Å²) in [5.41, 5.74) is 1.22. The Morgan fingerprint density at radius 2 is 1.90 bits per heavy atom. The average Bonchev–Trinajstić information content (AvgIpc) is 2.88. The van der Waals surface area contributed by atoms with Crippen LogP contribution in [0.3, 0.4) is 0 Å². The Morgan fingerprint density at radius 3 is 2.48 bits per heavy atom. The normalized spacial score (nSPS) is 21.8. The molecule has 118 valence electrons. The van der Waals surface area contributed by atoms with Crippen LogP contribution in [0.4, 0.5) is 11.6 Å². The summed E-state index contributed by atoms with van der Waals surface area (Å²) in [7, 11) is 0. The molecule has 1 aromatic heterocycles. The fraction of sp³-hybridized carbons (Fsp3) is 0.765. The highest BCUT2D eigenvalue weighted by molar-refractivity contribution is 5.59. The third-order valence-electron chi connectivity index (χ3n) is 4.37. The molecule has 0 aliphatic heterocycles. The van der Waals surface area contributed by atoms with E-state index in [1.165, 1.54) is 24.8 Å². The predicted octanol–water partition coefficient (Wildman–Crippen LogP) is 4.27. The molecule has 0 bridgehead atoms. The second-order valence-corrected chi connectivity index (χ2v) is 6.73. The molecular weight excluding hydrogens is 260 g/mol. The lowest BCUT2D eigenvalue weighted by atomic mass is 10.0. The Kier molecular flexibility index (Phi) is 5.83. The molecule has 2 atom stereocenters. The molecule has 0 amide bonds. The van der Waals surface area contributed by atoms with Crippen molar-refractivity contribution in [3.8, 4) is 0 Å². The van der Waals surface area contributed by atoms with Crippen LogP contribution >= 0.6 is 0 Å². The van der Waals surface area contributed by atoms with E-state index in [1.54, 1.807) is 6.33 Å². The van der Waals surface area contributed by atoms with Gasteiger partial charge < -0.3 is 10.6 Å². The molecule has 21 heavy (non-hydrogen) atoms. The van der Waals surface area contributed by atoms with Crippen molar-refractivity contribution in [1.82, 2.24) is 9.97 Å². The van der Waals surface area contributed by atoms with Crippen LogP contribution in [0.5, 0.6) is 0 Å². The number of hydrogen-bond donors (Lipinski definition) is 2. The third kappa shape index (κ3) is 4.32. The molecule has 2 N–H and O–H groups in total. The highest BCUT2D eigenvalue weighted by Crippen LogP contribution is 2.32. The Hall–Kier alpha value is -1.32. The van der Waals surface area contributed by atoms with Crippen LogP contribution in [-0.2, 0) is 0 Å². The molecule has 0 radical (unpaired) electrons. The summed E-state index contributed by atoms with van der Waals surface area (Å²) in [4.78, 5) is 8.91. The predicted molar refractivity (Wildman–Crippen MR) is 89.9 cm³/mol. The minimum atomic E-state index is 0.413. The van der Waals surface area contributed by atoms with Gasteiger partial charge in [0, 0.05) is 18.7 Å². The van der Waals surface area contributed by atoms with E-state index in [-0.39, 0.29) is 0 Å². The average molecular weight is 290 g/mol. The third-order valence-corrected chi connectivity index (χ3v) is 4.37. The molecule has 0 spiro atoms. The van der Waals surface area contributed by atoms with Crippen molar-refractivity contribution in [1.29, 1.82) is 0 Å². The van der Waals surface area contributed by atoms with Gasteiger partial charge in [0.2, 0.25) is 0 Å². The van der Waals surface area contributed by atoms with Gasteiger partial charge in [-0.1, -0.05) is 34.1 Å². The Balaban J connectivity index is 2.06. The smallest absolute Gasteiger partial charge is 0.134 e. The molecule has 2 rings (SSSR count). The van der Waals surface area contributed by atoms with Crippen molar-refractivity contribution < 1.29 is 0 Å². The quantitative estimate of drug-likeness (QED) is 0.787. The van der Waals surface area contributed by atoms with Gasteiger partial charge in [0.25, 0.3) is 0 Å². The standard InChI is InChI=1S/C17H30N4/c1-5-8-18-16-15(12(2)3)17(21-11-20-16)19-10-14-7-6-13(4)9-14/h11-14H,5-10H2,1-4H3,(H2,18,19,20,21). The van der Waals surface area contributed by atoms with Crippen LogP contribution in [0.2, 0.25) is 0 Å². The van der Waals surface area contributed by atoms with E-state index in [0.717, 1.165) is 43.0 Å². The summed E-state index contributed by atoms with van der Waals surface area (Å²) in [5, 5.41) is 7.01. The monoisotopic (exact) mass is 290 g/mol.